The molecule has 4 N–H and O–H groups in total. The molecule has 2 aromatic carbocycles. The van der Waals surface area contributed by atoms with Crippen molar-refractivity contribution in [2.75, 3.05) is 33.5 Å². The number of aromatic nitrogens is 6. The van der Waals surface area contributed by atoms with Crippen LogP contribution >= 0.6 is 31.9 Å². The first kappa shape index (κ1) is 29.7. The zero-order valence-corrected chi connectivity index (χ0v) is 31.4. The SMILES string of the molecule is [2H]C1([2H])CC(Nc2nonc2-c2noc(=O)n2-c2ccc(F)c(Br)c2)CC([2H])([2H])S1(=O)=O.[2H]C1([2H])CC(Nc2nonc2C(=Nc2ccc(F)c(Br)c2)NO)CC([2H])([2H])S1(=O)=O. The second-order valence-corrected chi connectivity index (χ2v) is 15.8. The fourth-order valence-electron chi connectivity index (χ4n) is 4.61. The van der Waals surface area contributed by atoms with Gasteiger partial charge in [0, 0.05) is 23.0 Å². The number of benzene rings is 2. The van der Waals surface area contributed by atoms with Crippen molar-refractivity contribution in [3.63, 3.8) is 0 Å². The van der Waals surface area contributed by atoms with Crippen LogP contribution < -0.4 is 21.9 Å². The van der Waals surface area contributed by atoms with Gasteiger partial charge in [0.1, 0.15) is 31.3 Å². The lowest BCUT2D eigenvalue weighted by Gasteiger charge is -2.22. The Hall–Kier alpha value is -4.59. The summed E-state index contributed by atoms with van der Waals surface area (Å²) in [6.45, 7) is 0. The van der Waals surface area contributed by atoms with E-state index in [9.17, 15) is 35.6 Å². The Balaban J connectivity index is 0.000000207. The molecule has 2 aliphatic heterocycles. The molecule has 0 saturated carbocycles. The number of hydrogen-bond donors (Lipinski definition) is 4. The van der Waals surface area contributed by atoms with E-state index in [0.717, 1.165) is 16.7 Å². The summed E-state index contributed by atoms with van der Waals surface area (Å²) in [5.74, 6) is -2.74. The number of sulfone groups is 2. The summed E-state index contributed by atoms with van der Waals surface area (Å²) in [5, 5.41) is 33.0. The first-order chi connectivity index (χ1) is 28.7. The zero-order chi connectivity index (χ0) is 45.8. The van der Waals surface area contributed by atoms with E-state index in [0.29, 0.717) is 0 Å². The van der Waals surface area contributed by atoms with Crippen LogP contribution in [0.1, 0.15) is 42.3 Å². The highest BCUT2D eigenvalue weighted by molar-refractivity contribution is 9.10. The maximum absolute atomic E-state index is 13.6. The van der Waals surface area contributed by atoms with E-state index in [4.69, 9.17) is 20.1 Å². The largest absolute Gasteiger partial charge is 0.446 e. The van der Waals surface area contributed by atoms with E-state index in [1.807, 2.05) is 0 Å². The van der Waals surface area contributed by atoms with Gasteiger partial charge in [-0.05, 0) is 115 Å². The van der Waals surface area contributed by atoms with Crippen molar-refractivity contribution in [2.24, 2.45) is 4.99 Å². The smallest absolute Gasteiger partial charge is 0.362 e. The molecule has 0 unspecified atom stereocenters. The molecule has 0 bridgehead atoms. The molecule has 7 rings (SSSR count). The highest BCUT2D eigenvalue weighted by Gasteiger charge is 2.29. The van der Waals surface area contributed by atoms with Gasteiger partial charge in [-0.1, -0.05) is 5.16 Å². The standard InChI is InChI=1S/C15H13BrFN5O5S.C14H15BrFN5O4S/c16-10-7-9(1-2-11(10)17)22-14(21-26-15(22)23)12-13(20-27-19-12)18-8-3-5-28(24,25)6-4-8;15-10-7-9(1-2-11(10)16)18-13(19-22)12-14(21-25-20-12)17-8-3-5-26(23,24)6-4-8/h1-2,7-8H,3-6H2,(H,18,20);1-2,7-8,22H,3-6H2,(H,17,21)(H,18,19)/i2*5D2,6D2. The summed E-state index contributed by atoms with van der Waals surface area (Å²) in [6, 6.07) is 5.51. The molecule has 3 aromatic heterocycles. The first-order valence-electron chi connectivity index (χ1n) is 18.9. The minimum atomic E-state index is -4.70. The van der Waals surface area contributed by atoms with Crippen molar-refractivity contribution in [2.45, 2.75) is 37.8 Å². The fourth-order valence-corrected chi connectivity index (χ4v) is 7.23. The first-order valence-corrected chi connectivity index (χ1v) is 19.4. The topological polar surface area (TPSA) is 263 Å². The van der Waals surface area contributed by atoms with Crippen LogP contribution in [-0.2, 0) is 19.7 Å². The molecule has 2 saturated heterocycles. The number of nitrogens with one attached hydrogen (secondary N) is 3. The predicted molar refractivity (Wildman–Crippen MR) is 193 cm³/mol. The third-order valence-corrected chi connectivity index (χ3v) is 10.6. The van der Waals surface area contributed by atoms with E-state index >= 15 is 0 Å². The highest BCUT2D eigenvalue weighted by Crippen LogP contribution is 2.28. The lowest BCUT2D eigenvalue weighted by atomic mass is 10.1. The summed E-state index contributed by atoms with van der Waals surface area (Å²) in [7, 11) is -9.38. The molecule has 2 fully saturated rings. The third-order valence-electron chi connectivity index (χ3n) is 7.19. The Bertz CT molecular complexity index is 2780. The molecule has 0 atom stereocenters. The van der Waals surface area contributed by atoms with E-state index in [2.05, 4.69) is 77.9 Å². The molecular formula is C29H28Br2F2N10O9S2. The van der Waals surface area contributed by atoms with Crippen molar-refractivity contribution >= 4 is 74.7 Å². The average Bonchev–Trinajstić information content (AvgIpc) is 3.91. The molecule has 5 aromatic rings. The molecule has 0 radical (unpaired) electrons. The lowest BCUT2D eigenvalue weighted by Crippen LogP contribution is -2.33. The van der Waals surface area contributed by atoms with Crippen molar-refractivity contribution in [3.8, 4) is 17.2 Å². The van der Waals surface area contributed by atoms with Crippen molar-refractivity contribution < 1.29 is 55.6 Å². The summed E-state index contributed by atoms with van der Waals surface area (Å²) in [5.41, 5.74) is -9.38. The molecule has 288 valence electrons. The summed E-state index contributed by atoms with van der Waals surface area (Å²) < 4.78 is 153. The van der Waals surface area contributed by atoms with Crippen molar-refractivity contribution in [1.82, 2.24) is 35.8 Å². The van der Waals surface area contributed by atoms with Crippen LogP contribution in [0.4, 0.5) is 26.1 Å². The number of hydroxylamine groups is 1. The average molecular weight is 931 g/mol. The number of nitrogens with zero attached hydrogens (tertiary/aromatic N) is 7. The second kappa shape index (κ2) is 16.4. The lowest BCUT2D eigenvalue weighted by molar-refractivity contribution is 0.234. The van der Waals surface area contributed by atoms with Crippen LogP contribution in [0.5, 0.6) is 0 Å². The van der Waals surface area contributed by atoms with Gasteiger partial charge in [-0.2, -0.15) is 0 Å². The van der Waals surface area contributed by atoms with E-state index in [1.165, 1.54) is 24.3 Å². The summed E-state index contributed by atoms with van der Waals surface area (Å²) >= 11 is 6.03. The number of hydrogen-bond acceptors (Lipinski definition) is 17. The number of anilines is 2. The number of halogens is 4. The molecule has 0 aliphatic carbocycles. The van der Waals surface area contributed by atoms with Gasteiger partial charge in [-0.25, -0.2) is 49.2 Å². The van der Waals surface area contributed by atoms with Gasteiger partial charge in [0.15, 0.2) is 17.2 Å². The van der Waals surface area contributed by atoms with E-state index < -0.39 is 97.7 Å². The van der Waals surface area contributed by atoms with Gasteiger partial charge in [-0.3, -0.25) is 15.2 Å². The van der Waals surface area contributed by atoms with Gasteiger partial charge in [0.2, 0.25) is 17.5 Å². The van der Waals surface area contributed by atoms with E-state index in [-0.39, 0.29) is 55.0 Å². The Morgan fingerprint density at radius 1 is 0.833 bits per heavy atom. The van der Waals surface area contributed by atoms with Gasteiger partial charge in [0.05, 0.1) is 43.1 Å². The van der Waals surface area contributed by atoms with Gasteiger partial charge in [0.25, 0.3) is 0 Å². The summed E-state index contributed by atoms with van der Waals surface area (Å²) in [4.78, 5) is 16.3. The Kier molecular flexibility index (Phi) is 9.04. The van der Waals surface area contributed by atoms with Gasteiger partial charge < -0.3 is 10.6 Å². The predicted octanol–water partition coefficient (Wildman–Crippen LogP) is 3.78. The minimum Gasteiger partial charge on any atom is -0.362 e. The van der Waals surface area contributed by atoms with Crippen LogP contribution in [-0.4, -0.2) is 93.1 Å². The minimum absolute atomic E-state index is 0.0681. The highest BCUT2D eigenvalue weighted by atomic mass is 79.9. The monoisotopic (exact) mass is 928 g/mol. The van der Waals surface area contributed by atoms with Gasteiger partial charge in [-0.15, -0.1) is 0 Å². The van der Waals surface area contributed by atoms with Crippen LogP contribution in [0.3, 0.4) is 0 Å². The summed E-state index contributed by atoms with van der Waals surface area (Å²) in [6.07, 6.45) is -2.24. The van der Waals surface area contributed by atoms with Gasteiger partial charge >= 0.3 is 5.76 Å². The molecule has 25 heteroatoms. The van der Waals surface area contributed by atoms with Crippen LogP contribution in [0.25, 0.3) is 17.2 Å². The third kappa shape index (κ3) is 9.37. The molecular weight excluding hydrogens is 894 g/mol. The Morgan fingerprint density at radius 3 is 1.98 bits per heavy atom. The zero-order valence-electron chi connectivity index (χ0n) is 34.6. The molecule has 54 heavy (non-hydrogen) atoms. The Labute approximate surface area is 331 Å². The van der Waals surface area contributed by atoms with Crippen LogP contribution in [0, 0.1) is 11.6 Å². The fraction of sp³-hybridized carbons (Fsp3) is 0.345. The molecule has 5 heterocycles. The molecule has 2 aliphatic rings. The van der Waals surface area contributed by atoms with Crippen LogP contribution in [0.2, 0.25) is 0 Å². The molecule has 19 nitrogen and oxygen atoms in total. The van der Waals surface area contributed by atoms with E-state index in [1.54, 1.807) is 5.48 Å². The Morgan fingerprint density at radius 2 is 1.39 bits per heavy atom. The number of rotatable bonds is 8. The maximum atomic E-state index is 13.6. The maximum Gasteiger partial charge on any atom is 0.446 e. The van der Waals surface area contributed by atoms with Crippen molar-refractivity contribution in [1.29, 1.82) is 0 Å². The quantitative estimate of drug-likeness (QED) is 0.0980. The van der Waals surface area contributed by atoms with Crippen molar-refractivity contribution in [3.05, 3.63) is 73.2 Å². The molecule has 0 spiro atoms. The number of amidine groups is 1. The second-order valence-electron chi connectivity index (χ2n) is 10.9. The molecule has 0 amide bonds. The van der Waals surface area contributed by atoms with Crippen LogP contribution in [0.15, 0.2) is 68.9 Å². The normalized spacial score (nSPS) is 23.3. The number of aliphatic imine (C=N–C) groups is 1.